The molecule has 2 atom stereocenters. The maximum atomic E-state index is 12.6. The topological polar surface area (TPSA) is 66.3 Å². The van der Waals surface area contributed by atoms with Gasteiger partial charge in [0.05, 0.1) is 6.10 Å². The van der Waals surface area contributed by atoms with Crippen molar-refractivity contribution in [3.8, 4) is 0 Å². The standard InChI is InChI=1S/C18H29N3O2/c1-18(9-3-2-6-16(18)22)13-20-17(23)15-5-4-12-21(15)14-7-10-19-11-8-14/h4-5,12,14,16,19,22H,2-3,6-11,13H2,1H3,(H,20,23). The first-order valence-corrected chi connectivity index (χ1v) is 8.94. The summed E-state index contributed by atoms with van der Waals surface area (Å²) in [5, 5.41) is 16.7. The maximum absolute atomic E-state index is 12.6. The molecular weight excluding hydrogens is 290 g/mol. The van der Waals surface area contributed by atoms with Crippen LogP contribution in [0.2, 0.25) is 0 Å². The van der Waals surface area contributed by atoms with Crippen LogP contribution in [-0.2, 0) is 0 Å². The van der Waals surface area contributed by atoms with Gasteiger partial charge in [-0.2, -0.15) is 0 Å². The second-order valence-corrected chi connectivity index (χ2v) is 7.38. The molecule has 5 heteroatoms. The Kier molecular flexibility index (Phi) is 5.07. The third-order valence-corrected chi connectivity index (χ3v) is 5.65. The number of nitrogens with one attached hydrogen (secondary N) is 2. The van der Waals surface area contributed by atoms with Gasteiger partial charge in [-0.15, -0.1) is 0 Å². The second-order valence-electron chi connectivity index (χ2n) is 7.38. The van der Waals surface area contributed by atoms with Gasteiger partial charge >= 0.3 is 0 Å². The Morgan fingerprint density at radius 1 is 1.39 bits per heavy atom. The van der Waals surface area contributed by atoms with E-state index in [1.807, 2.05) is 18.3 Å². The molecular formula is C18H29N3O2. The first-order valence-electron chi connectivity index (χ1n) is 8.94. The molecule has 1 saturated carbocycles. The molecule has 2 fully saturated rings. The molecule has 1 amide bonds. The second kappa shape index (κ2) is 7.05. The van der Waals surface area contributed by atoms with Crippen LogP contribution in [0.25, 0.3) is 0 Å². The zero-order valence-electron chi connectivity index (χ0n) is 14.1. The van der Waals surface area contributed by atoms with Crippen LogP contribution in [0.1, 0.15) is 62.0 Å². The number of nitrogens with zero attached hydrogens (tertiary/aromatic N) is 1. The fourth-order valence-corrected chi connectivity index (χ4v) is 3.95. The zero-order valence-corrected chi connectivity index (χ0v) is 14.1. The number of carbonyl (C=O) groups is 1. The van der Waals surface area contributed by atoms with E-state index < -0.39 is 0 Å². The van der Waals surface area contributed by atoms with Gasteiger partial charge in [0, 0.05) is 24.2 Å². The number of rotatable bonds is 4. The van der Waals surface area contributed by atoms with Crippen LogP contribution in [0.4, 0.5) is 0 Å². The largest absolute Gasteiger partial charge is 0.392 e. The van der Waals surface area contributed by atoms with E-state index in [-0.39, 0.29) is 17.4 Å². The summed E-state index contributed by atoms with van der Waals surface area (Å²) in [6.45, 7) is 4.65. The number of aliphatic hydroxyl groups is 1. The molecule has 0 spiro atoms. The minimum Gasteiger partial charge on any atom is -0.392 e. The van der Waals surface area contributed by atoms with Crippen LogP contribution in [0, 0.1) is 5.41 Å². The van der Waals surface area contributed by atoms with Crippen molar-refractivity contribution in [2.75, 3.05) is 19.6 Å². The van der Waals surface area contributed by atoms with E-state index in [0.29, 0.717) is 12.6 Å². The van der Waals surface area contributed by atoms with Gasteiger partial charge < -0.3 is 20.3 Å². The quantitative estimate of drug-likeness (QED) is 0.796. The van der Waals surface area contributed by atoms with Crippen molar-refractivity contribution in [1.29, 1.82) is 0 Å². The highest BCUT2D eigenvalue weighted by molar-refractivity contribution is 5.92. The van der Waals surface area contributed by atoms with Crippen molar-refractivity contribution >= 4 is 5.91 Å². The van der Waals surface area contributed by atoms with Crippen molar-refractivity contribution in [1.82, 2.24) is 15.2 Å². The highest BCUT2D eigenvalue weighted by atomic mass is 16.3. The summed E-state index contributed by atoms with van der Waals surface area (Å²) in [7, 11) is 0. The normalized spacial score (nSPS) is 29.4. The summed E-state index contributed by atoms with van der Waals surface area (Å²) in [4.78, 5) is 12.6. The third kappa shape index (κ3) is 3.61. The SMILES string of the molecule is CC1(CNC(=O)c2cccn2C2CCNCC2)CCCCC1O. The molecule has 0 aromatic carbocycles. The number of carbonyl (C=O) groups excluding carboxylic acids is 1. The van der Waals surface area contributed by atoms with Crippen LogP contribution in [0.3, 0.4) is 0 Å². The van der Waals surface area contributed by atoms with Gasteiger partial charge in [0.2, 0.25) is 0 Å². The molecule has 2 aliphatic rings. The molecule has 0 bridgehead atoms. The first kappa shape index (κ1) is 16.5. The molecule has 0 radical (unpaired) electrons. The van der Waals surface area contributed by atoms with Crippen LogP contribution >= 0.6 is 0 Å². The minimum absolute atomic E-state index is 0.0208. The Hall–Kier alpha value is -1.33. The van der Waals surface area contributed by atoms with Crippen molar-refractivity contribution in [3.63, 3.8) is 0 Å². The first-order chi connectivity index (χ1) is 11.1. The van der Waals surface area contributed by atoms with Crippen molar-refractivity contribution in [3.05, 3.63) is 24.0 Å². The van der Waals surface area contributed by atoms with Gasteiger partial charge in [-0.1, -0.05) is 19.8 Å². The lowest BCUT2D eigenvalue weighted by Gasteiger charge is -2.38. The zero-order chi connectivity index (χ0) is 16.3. The molecule has 3 rings (SSSR count). The molecule has 1 aromatic heterocycles. The summed E-state index contributed by atoms with van der Waals surface area (Å²) in [5.74, 6) is -0.0208. The van der Waals surface area contributed by atoms with Crippen molar-refractivity contribution in [2.45, 2.75) is 57.6 Å². The molecule has 128 valence electrons. The van der Waals surface area contributed by atoms with E-state index in [0.717, 1.165) is 57.3 Å². The fraction of sp³-hybridized carbons (Fsp3) is 0.722. The van der Waals surface area contributed by atoms with Crippen molar-refractivity contribution in [2.24, 2.45) is 5.41 Å². The fourth-order valence-electron chi connectivity index (χ4n) is 3.95. The average Bonchev–Trinajstić information content (AvgIpc) is 3.06. The number of piperidine rings is 1. The van der Waals surface area contributed by atoms with E-state index in [9.17, 15) is 9.90 Å². The van der Waals surface area contributed by atoms with Gasteiger partial charge in [-0.25, -0.2) is 0 Å². The number of hydrogen-bond acceptors (Lipinski definition) is 3. The summed E-state index contributed by atoms with van der Waals surface area (Å²) >= 11 is 0. The Labute approximate surface area is 138 Å². The Bertz CT molecular complexity index is 536. The molecule has 1 saturated heterocycles. The smallest absolute Gasteiger partial charge is 0.267 e. The Balaban J connectivity index is 1.63. The van der Waals surface area contributed by atoms with Gasteiger partial charge in [0.1, 0.15) is 5.69 Å². The molecule has 2 unspecified atom stereocenters. The lowest BCUT2D eigenvalue weighted by Crippen LogP contribution is -2.45. The van der Waals surface area contributed by atoms with Gasteiger partial charge in [-0.05, 0) is 50.9 Å². The predicted octanol–water partition coefficient (Wildman–Crippen LogP) is 2.08. The van der Waals surface area contributed by atoms with E-state index >= 15 is 0 Å². The minimum atomic E-state index is -0.312. The lowest BCUT2D eigenvalue weighted by molar-refractivity contribution is 0.00183. The Morgan fingerprint density at radius 2 is 2.17 bits per heavy atom. The summed E-state index contributed by atoms with van der Waals surface area (Å²) in [5.41, 5.74) is 0.547. The number of aromatic nitrogens is 1. The van der Waals surface area contributed by atoms with Crippen LogP contribution in [0.5, 0.6) is 0 Å². The van der Waals surface area contributed by atoms with Gasteiger partial charge in [0.15, 0.2) is 0 Å². The summed E-state index contributed by atoms with van der Waals surface area (Å²) in [6.07, 6.45) is 7.87. The highest BCUT2D eigenvalue weighted by Crippen LogP contribution is 2.35. The molecule has 1 aromatic rings. The summed E-state index contributed by atoms with van der Waals surface area (Å²) < 4.78 is 2.12. The molecule has 5 nitrogen and oxygen atoms in total. The molecule has 1 aliphatic heterocycles. The number of hydrogen-bond donors (Lipinski definition) is 3. The van der Waals surface area contributed by atoms with Gasteiger partial charge in [-0.3, -0.25) is 4.79 Å². The molecule has 3 N–H and O–H groups in total. The third-order valence-electron chi connectivity index (χ3n) is 5.65. The average molecular weight is 319 g/mol. The molecule has 2 heterocycles. The van der Waals surface area contributed by atoms with E-state index in [1.54, 1.807) is 0 Å². The lowest BCUT2D eigenvalue weighted by atomic mass is 9.73. The van der Waals surface area contributed by atoms with Crippen LogP contribution in [-0.4, -0.2) is 41.3 Å². The monoisotopic (exact) mass is 319 g/mol. The van der Waals surface area contributed by atoms with Crippen LogP contribution in [0.15, 0.2) is 18.3 Å². The van der Waals surface area contributed by atoms with E-state index in [4.69, 9.17) is 0 Å². The molecule has 23 heavy (non-hydrogen) atoms. The Morgan fingerprint density at radius 3 is 2.91 bits per heavy atom. The summed E-state index contributed by atoms with van der Waals surface area (Å²) in [6, 6.07) is 4.26. The van der Waals surface area contributed by atoms with E-state index in [1.165, 1.54) is 0 Å². The maximum Gasteiger partial charge on any atom is 0.267 e. The molecule has 1 aliphatic carbocycles. The van der Waals surface area contributed by atoms with Crippen molar-refractivity contribution < 1.29 is 9.90 Å². The predicted molar refractivity (Wildman–Crippen MR) is 90.5 cm³/mol. The number of aliphatic hydroxyl groups excluding tert-OH is 1. The highest BCUT2D eigenvalue weighted by Gasteiger charge is 2.35. The van der Waals surface area contributed by atoms with E-state index in [2.05, 4.69) is 22.1 Å². The number of amides is 1. The van der Waals surface area contributed by atoms with Crippen LogP contribution < -0.4 is 10.6 Å². The van der Waals surface area contributed by atoms with Gasteiger partial charge in [0.25, 0.3) is 5.91 Å².